The molecule has 0 aromatic heterocycles. The summed E-state index contributed by atoms with van der Waals surface area (Å²) in [5, 5.41) is 0. The van der Waals surface area contributed by atoms with Crippen LogP contribution in [-0.4, -0.2) is 78.9 Å². The maximum Gasteiger partial charge on any atom is 0.226 e. The summed E-state index contributed by atoms with van der Waals surface area (Å²) in [6.07, 6.45) is 7.66. The molecule has 5 rings (SSSR count). The molecule has 190 valence electrons. The van der Waals surface area contributed by atoms with Gasteiger partial charge in [-0.2, -0.15) is 0 Å². The number of likely N-dealkylation sites (tertiary alicyclic amines) is 1. The normalized spacial score (nSPS) is 21.6. The van der Waals surface area contributed by atoms with Crippen LogP contribution >= 0.6 is 0 Å². The Morgan fingerprint density at radius 3 is 2.22 bits per heavy atom. The summed E-state index contributed by atoms with van der Waals surface area (Å²) in [7, 11) is 0. The molecular formula is C30H37N3O3. The highest BCUT2D eigenvalue weighted by Crippen LogP contribution is 2.60. The summed E-state index contributed by atoms with van der Waals surface area (Å²) < 4.78 is 5.68. The van der Waals surface area contributed by atoms with Crippen molar-refractivity contribution in [3.63, 3.8) is 0 Å². The zero-order chi connectivity index (χ0) is 24.8. The molecule has 1 atom stereocenters. The maximum absolute atomic E-state index is 13.2. The first-order valence-electron chi connectivity index (χ1n) is 13.3. The molecule has 2 heterocycles. The second kappa shape index (κ2) is 11.3. The molecule has 36 heavy (non-hydrogen) atoms. The fourth-order valence-electron chi connectivity index (χ4n) is 5.66. The SMILES string of the molecule is O=C(CCOc1ccccc1)N1CCC2(CC1)CC2C(=O)N1CCN(C/C=C/c2ccccc2)CC1. The van der Waals surface area contributed by atoms with Crippen molar-refractivity contribution in [1.82, 2.24) is 14.7 Å². The van der Waals surface area contributed by atoms with Gasteiger partial charge in [-0.25, -0.2) is 0 Å². The van der Waals surface area contributed by atoms with Crippen LogP contribution in [0.15, 0.2) is 66.7 Å². The van der Waals surface area contributed by atoms with Gasteiger partial charge in [0.15, 0.2) is 0 Å². The average molecular weight is 488 g/mol. The van der Waals surface area contributed by atoms with Crippen LogP contribution in [0.3, 0.4) is 0 Å². The molecule has 6 nitrogen and oxygen atoms in total. The van der Waals surface area contributed by atoms with E-state index in [2.05, 4.69) is 46.2 Å². The quantitative estimate of drug-likeness (QED) is 0.566. The summed E-state index contributed by atoms with van der Waals surface area (Å²) in [5.41, 5.74) is 1.35. The van der Waals surface area contributed by atoms with E-state index in [1.165, 1.54) is 5.56 Å². The van der Waals surface area contributed by atoms with E-state index >= 15 is 0 Å². The van der Waals surface area contributed by atoms with Gasteiger partial charge in [-0.1, -0.05) is 60.7 Å². The Hall–Kier alpha value is -3.12. The molecule has 6 heteroatoms. The van der Waals surface area contributed by atoms with Crippen molar-refractivity contribution < 1.29 is 14.3 Å². The van der Waals surface area contributed by atoms with E-state index in [4.69, 9.17) is 4.74 Å². The highest BCUT2D eigenvalue weighted by molar-refractivity contribution is 5.83. The second-order valence-corrected chi connectivity index (χ2v) is 10.4. The van der Waals surface area contributed by atoms with Gasteiger partial charge in [0.1, 0.15) is 5.75 Å². The number of hydrogen-bond acceptors (Lipinski definition) is 4. The highest BCUT2D eigenvalue weighted by atomic mass is 16.5. The maximum atomic E-state index is 13.2. The number of para-hydroxylation sites is 1. The third-order valence-corrected chi connectivity index (χ3v) is 8.09. The van der Waals surface area contributed by atoms with Crippen LogP contribution in [0.2, 0.25) is 0 Å². The molecule has 2 aromatic carbocycles. The van der Waals surface area contributed by atoms with E-state index in [0.29, 0.717) is 18.9 Å². The molecule has 1 unspecified atom stereocenters. The lowest BCUT2D eigenvalue weighted by atomic mass is 9.90. The van der Waals surface area contributed by atoms with Crippen molar-refractivity contribution in [2.24, 2.45) is 11.3 Å². The zero-order valence-electron chi connectivity index (χ0n) is 21.1. The number of hydrogen-bond donors (Lipinski definition) is 0. The summed E-state index contributed by atoms with van der Waals surface area (Å²) in [6, 6.07) is 20.0. The molecule has 1 saturated carbocycles. The van der Waals surface area contributed by atoms with Gasteiger partial charge >= 0.3 is 0 Å². The Kier molecular flexibility index (Phi) is 7.71. The summed E-state index contributed by atoms with van der Waals surface area (Å²) >= 11 is 0. The number of piperazine rings is 1. The van der Waals surface area contributed by atoms with Crippen LogP contribution in [0.5, 0.6) is 5.75 Å². The molecule has 3 fully saturated rings. The van der Waals surface area contributed by atoms with E-state index < -0.39 is 0 Å². The number of ether oxygens (including phenoxy) is 1. The molecule has 1 aliphatic carbocycles. The second-order valence-electron chi connectivity index (χ2n) is 10.4. The van der Waals surface area contributed by atoms with Crippen molar-refractivity contribution in [3.8, 4) is 5.75 Å². The van der Waals surface area contributed by atoms with Crippen LogP contribution in [0.1, 0.15) is 31.2 Å². The molecule has 0 radical (unpaired) electrons. The predicted molar refractivity (Wildman–Crippen MR) is 141 cm³/mol. The first-order valence-corrected chi connectivity index (χ1v) is 13.3. The summed E-state index contributed by atoms with van der Waals surface area (Å²) in [5.74, 6) is 1.44. The van der Waals surface area contributed by atoms with E-state index in [1.54, 1.807) is 0 Å². The Morgan fingerprint density at radius 2 is 1.53 bits per heavy atom. The van der Waals surface area contributed by atoms with Crippen LogP contribution in [-0.2, 0) is 9.59 Å². The smallest absolute Gasteiger partial charge is 0.226 e. The molecule has 0 bridgehead atoms. The molecular weight excluding hydrogens is 450 g/mol. The van der Waals surface area contributed by atoms with Crippen molar-refractivity contribution in [2.45, 2.75) is 25.7 Å². The fourth-order valence-corrected chi connectivity index (χ4v) is 5.66. The Morgan fingerprint density at radius 1 is 0.861 bits per heavy atom. The third kappa shape index (κ3) is 5.98. The number of carbonyl (C=O) groups excluding carboxylic acids is 2. The molecule has 0 N–H and O–H groups in total. The van der Waals surface area contributed by atoms with Crippen molar-refractivity contribution >= 4 is 17.9 Å². The third-order valence-electron chi connectivity index (χ3n) is 8.09. The number of amides is 2. The van der Waals surface area contributed by atoms with Gasteiger partial charge in [0.05, 0.1) is 13.0 Å². The zero-order valence-corrected chi connectivity index (χ0v) is 21.1. The summed E-state index contributed by atoms with van der Waals surface area (Å²) in [4.78, 5) is 32.3. The first-order chi connectivity index (χ1) is 17.6. The number of rotatable bonds is 8. The Bertz CT molecular complexity index is 1040. The van der Waals surface area contributed by atoms with Gasteiger partial charge in [0, 0.05) is 51.7 Å². The number of piperidine rings is 1. The highest BCUT2D eigenvalue weighted by Gasteiger charge is 2.59. The standard InChI is InChI=1S/C30H37N3O3/c34-28(13-23-36-26-11-5-2-6-12-26)32-17-14-30(15-18-32)24-27(30)29(35)33-21-19-31(20-22-33)16-7-10-25-8-3-1-4-9-25/h1-12,27H,13-24H2/b10-7+. The van der Waals surface area contributed by atoms with E-state index in [0.717, 1.165) is 70.8 Å². The van der Waals surface area contributed by atoms with Crippen molar-refractivity contribution in [3.05, 3.63) is 72.3 Å². The number of carbonyl (C=O) groups is 2. The minimum absolute atomic E-state index is 0.129. The summed E-state index contributed by atoms with van der Waals surface area (Å²) in [6.45, 7) is 6.33. The van der Waals surface area contributed by atoms with Crippen molar-refractivity contribution in [2.75, 3.05) is 52.4 Å². The molecule has 1 spiro atoms. The van der Waals surface area contributed by atoms with Gasteiger partial charge in [0.25, 0.3) is 0 Å². The van der Waals surface area contributed by atoms with Gasteiger partial charge < -0.3 is 14.5 Å². The van der Waals surface area contributed by atoms with Crippen LogP contribution in [0, 0.1) is 11.3 Å². The molecule has 2 aromatic rings. The minimum Gasteiger partial charge on any atom is -0.493 e. The first kappa shape index (κ1) is 24.6. The van der Waals surface area contributed by atoms with Gasteiger partial charge in [-0.05, 0) is 42.4 Å². The molecule has 2 saturated heterocycles. The lowest BCUT2D eigenvalue weighted by Crippen LogP contribution is -2.49. The minimum atomic E-state index is 0.129. The Labute approximate surface area is 214 Å². The Balaban J connectivity index is 1.00. The lowest BCUT2D eigenvalue weighted by Gasteiger charge is -2.36. The van der Waals surface area contributed by atoms with Crippen LogP contribution in [0.4, 0.5) is 0 Å². The van der Waals surface area contributed by atoms with Gasteiger partial charge in [-0.3, -0.25) is 14.5 Å². The van der Waals surface area contributed by atoms with Gasteiger partial charge in [0.2, 0.25) is 11.8 Å². The largest absolute Gasteiger partial charge is 0.493 e. The van der Waals surface area contributed by atoms with E-state index in [1.807, 2.05) is 41.3 Å². The van der Waals surface area contributed by atoms with Crippen molar-refractivity contribution in [1.29, 1.82) is 0 Å². The molecule has 3 aliphatic rings. The van der Waals surface area contributed by atoms with Gasteiger partial charge in [-0.15, -0.1) is 0 Å². The predicted octanol–water partition coefficient (Wildman–Crippen LogP) is 3.94. The number of benzene rings is 2. The molecule has 2 aliphatic heterocycles. The lowest BCUT2D eigenvalue weighted by molar-refractivity contribution is -0.136. The monoisotopic (exact) mass is 487 g/mol. The molecule has 2 amide bonds. The fraction of sp³-hybridized carbons (Fsp3) is 0.467. The topological polar surface area (TPSA) is 53.1 Å². The average Bonchev–Trinajstić information content (AvgIpc) is 3.63. The van der Waals surface area contributed by atoms with E-state index in [-0.39, 0.29) is 17.2 Å². The van der Waals surface area contributed by atoms with E-state index in [9.17, 15) is 9.59 Å². The number of nitrogens with zero attached hydrogens (tertiary/aromatic N) is 3. The van der Waals surface area contributed by atoms with Crippen LogP contribution in [0.25, 0.3) is 6.08 Å². The van der Waals surface area contributed by atoms with Crippen LogP contribution < -0.4 is 4.74 Å².